The van der Waals surface area contributed by atoms with E-state index >= 15 is 0 Å². The largest absolute Gasteiger partial charge is 0.494 e. The van der Waals surface area contributed by atoms with Crippen LogP contribution in [-0.4, -0.2) is 12.5 Å². The van der Waals surface area contributed by atoms with Gasteiger partial charge in [-0.1, -0.05) is 30.3 Å². The average Bonchev–Trinajstić information content (AvgIpc) is 2.51. The van der Waals surface area contributed by atoms with E-state index in [1.54, 1.807) is 12.1 Å². The number of rotatable bonds is 8. The minimum absolute atomic E-state index is 0.187. The van der Waals surface area contributed by atoms with Gasteiger partial charge in [0.2, 0.25) is 0 Å². The smallest absolute Gasteiger partial charge is 0.123 e. The van der Waals surface area contributed by atoms with Gasteiger partial charge in [-0.3, -0.25) is 0 Å². The highest BCUT2D eigenvalue weighted by Gasteiger charge is 2.09. The van der Waals surface area contributed by atoms with Crippen LogP contribution >= 0.6 is 11.6 Å². The topological polar surface area (TPSA) is 9.23 Å². The van der Waals surface area contributed by atoms with Crippen molar-refractivity contribution in [2.45, 2.75) is 19.3 Å². The van der Waals surface area contributed by atoms with Crippen LogP contribution in [0.2, 0.25) is 0 Å². The van der Waals surface area contributed by atoms with Crippen LogP contribution in [0.1, 0.15) is 18.4 Å². The number of hydrogen-bond acceptors (Lipinski definition) is 1. The van der Waals surface area contributed by atoms with Crippen molar-refractivity contribution in [2.24, 2.45) is 5.92 Å². The molecule has 0 spiro atoms. The van der Waals surface area contributed by atoms with Gasteiger partial charge in [-0.2, -0.15) is 0 Å². The van der Waals surface area contributed by atoms with Gasteiger partial charge in [-0.05, 0) is 55.0 Å². The van der Waals surface area contributed by atoms with Crippen LogP contribution in [0, 0.1) is 11.7 Å². The third-order valence-corrected chi connectivity index (χ3v) is 3.84. The molecule has 1 atom stereocenters. The van der Waals surface area contributed by atoms with Gasteiger partial charge in [0.1, 0.15) is 11.6 Å². The summed E-state index contributed by atoms with van der Waals surface area (Å²) in [6.07, 6.45) is 2.74. The summed E-state index contributed by atoms with van der Waals surface area (Å²) in [5, 5.41) is 0. The lowest BCUT2D eigenvalue weighted by Crippen LogP contribution is -2.09. The first kappa shape index (κ1) is 15.8. The molecule has 0 aliphatic carbocycles. The van der Waals surface area contributed by atoms with Crippen molar-refractivity contribution in [3.63, 3.8) is 0 Å². The molecule has 0 radical (unpaired) electrons. The van der Waals surface area contributed by atoms with Gasteiger partial charge in [0.05, 0.1) is 6.61 Å². The molecule has 0 N–H and O–H groups in total. The van der Waals surface area contributed by atoms with E-state index in [0.29, 0.717) is 18.4 Å². The lowest BCUT2D eigenvalue weighted by Gasteiger charge is -2.14. The fourth-order valence-corrected chi connectivity index (χ4v) is 2.57. The van der Waals surface area contributed by atoms with E-state index in [1.807, 2.05) is 36.4 Å². The Hall–Kier alpha value is -1.54. The molecule has 2 aromatic carbocycles. The molecule has 2 aromatic rings. The Morgan fingerprint density at radius 2 is 1.86 bits per heavy atom. The quantitative estimate of drug-likeness (QED) is 0.488. The monoisotopic (exact) mass is 306 g/mol. The Morgan fingerprint density at radius 3 is 2.57 bits per heavy atom. The normalized spacial score (nSPS) is 12.1. The molecule has 1 nitrogen and oxygen atoms in total. The first-order valence-electron chi connectivity index (χ1n) is 7.26. The van der Waals surface area contributed by atoms with Crippen LogP contribution < -0.4 is 4.74 Å². The number of hydrogen-bond donors (Lipinski definition) is 0. The molecule has 0 aliphatic rings. The van der Waals surface area contributed by atoms with E-state index in [2.05, 4.69) is 0 Å². The second-order valence-electron chi connectivity index (χ2n) is 5.16. The first-order chi connectivity index (χ1) is 10.3. The van der Waals surface area contributed by atoms with Crippen LogP contribution in [0.15, 0.2) is 54.6 Å². The van der Waals surface area contributed by atoms with E-state index in [9.17, 15) is 4.39 Å². The minimum atomic E-state index is -0.187. The third kappa shape index (κ3) is 5.76. The molecule has 0 amide bonds. The molecule has 21 heavy (non-hydrogen) atoms. The number of alkyl halides is 1. The molecule has 3 heteroatoms. The van der Waals surface area contributed by atoms with Crippen LogP contribution in [0.3, 0.4) is 0 Å². The molecular formula is C18H20ClFO. The second-order valence-corrected chi connectivity index (χ2v) is 5.47. The number of halogens is 2. The Kier molecular flexibility index (Phi) is 6.55. The van der Waals surface area contributed by atoms with E-state index < -0.39 is 0 Å². The number of para-hydroxylation sites is 1. The zero-order valence-electron chi connectivity index (χ0n) is 12.0. The van der Waals surface area contributed by atoms with Crippen molar-refractivity contribution in [3.8, 4) is 5.75 Å². The minimum Gasteiger partial charge on any atom is -0.494 e. The maximum Gasteiger partial charge on any atom is 0.123 e. The van der Waals surface area contributed by atoms with E-state index in [4.69, 9.17) is 16.3 Å². The lowest BCUT2D eigenvalue weighted by atomic mass is 9.96. The summed E-state index contributed by atoms with van der Waals surface area (Å²) in [5.74, 6) is 1.65. The van der Waals surface area contributed by atoms with Crippen molar-refractivity contribution < 1.29 is 9.13 Å². The summed E-state index contributed by atoms with van der Waals surface area (Å²) >= 11 is 6.02. The van der Waals surface area contributed by atoms with Crippen molar-refractivity contribution in [2.75, 3.05) is 12.5 Å². The van der Waals surface area contributed by atoms with Crippen molar-refractivity contribution >= 4 is 11.6 Å². The van der Waals surface area contributed by atoms with Gasteiger partial charge >= 0.3 is 0 Å². The molecule has 0 aromatic heterocycles. The van der Waals surface area contributed by atoms with Crippen LogP contribution in [-0.2, 0) is 6.42 Å². The van der Waals surface area contributed by atoms with Crippen LogP contribution in [0.25, 0.3) is 0 Å². The lowest BCUT2D eigenvalue weighted by molar-refractivity contribution is 0.295. The molecule has 0 saturated heterocycles. The van der Waals surface area contributed by atoms with Gasteiger partial charge in [0.25, 0.3) is 0 Å². The zero-order chi connectivity index (χ0) is 14.9. The molecule has 1 unspecified atom stereocenters. The van der Waals surface area contributed by atoms with Gasteiger partial charge in [-0.25, -0.2) is 4.39 Å². The first-order valence-corrected chi connectivity index (χ1v) is 7.79. The maximum atomic E-state index is 13.2. The average molecular weight is 307 g/mol. The highest BCUT2D eigenvalue weighted by atomic mass is 35.5. The fraction of sp³-hybridized carbons (Fsp3) is 0.333. The summed E-state index contributed by atoms with van der Waals surface area (Å²) in [4.78, 5) is 0. The Bertz CT molecular complexity index is 530. The van der Waals surface area contributed by atoms with Gasteiger partial charge in [0.15, 0.2) is 0 Å². The fourth-order valence-electron chi connectivity index (χ4n) is 2.31. The predicted octanol–water partition coefficient (Wildman–Crippen LogP) is 5.08. The molecular weight excluding hydrogens is 287 g/mol. The standard InChI is InChI=1S/C18H20ClFO/c19-14-16(12-15-6-4-8-17(20)13-15)7-5-11-21-18-9-2-1-3-10-18/h1-4,6,8-10,13,16H,5,7,11-12,14H2. The Labute approximate surface area is 130 Å². The zero-order valence-corrected chi connectivity index (χ0v) is 12.7. The third-order valence-electron chi connectivity index (χ3n) is 3.40. The number of benzene rings is 2. The van der Waals surface area contributed by atoms with Crippen molar-refractivity contribution in [3.05, 3.63) is 66.0 Å². The van der Waals surface area contributed by atoms with Gasteiger partial charge in [-0.15, -0.1) is 11.6 Å². The molecule has 0 heterocycles. The molecule has 0 saturated carbocycles. The van der Waals surface area contributed by atoms with Gasteiger partial charge < -0.3 is 4.74 Å². The summed E-state index contributed by atoms with van der Waals surface area (Å²) in [5.41, 5.74) is 1.00. The van der Waals surface area contributed by atoms with Gasteiger partial charge in [0, 0.05) is 5.88 Å². The second kappa shape index (κ2) is 8.68. The van der Waals surface area contributed by atoms with E-state index in [0.717, 1.165) is 30.6 Å². The van der Waals surface area contributed by atoms with E-state index in [1.165, 1.54) is 6.07 Å². The van der Waals surface area contributed by atoms with Crippen LogP contribution in [0.4, 0.5) is 4.39 Å². The SMILES string of the molecule is Fc1cccc(CC(CCl)CCCOc2ccccc2)c1. The van der Waals surface area contributed by atoms with Crippen molar-refractivity contribution in [1.29, 1.82) is 0 Å². The summed E-state index contributed by atoms with van der Waals surface area (Å²) in [7, 11) is 0. The van der Waals surface area contributed by atoms with Crippen LogP contribution in [0.5, 0.6) is 5.75 Å². The van der Waals surface area contributed by atoms with Crippen molar-refractivity contribution in [1.82, 2.24) is 0 Å². The van der Waals surface area contributed by atoms with E-state index in [-0.39, 0.29) is 5.82 Å². The highest BCUT2D eigenvalue weighted by Crippen LogP contribution is 2.17. The predicted molar refractivity (Wildman–Crippen MR) is 85.5 cm³/mol. The maximum absolute atomic E-state index is 13.2. The number of ether oxygens (including phenoxy) is 1. The summed E-state index contributed by atoms with van der Waals surface area (Å²) in [6.45, 7) is 0.681. The molecule has 0 bridgehead atoms. The molecule has 0 aliphatic heterocycles. The molecule has 112 valence electrons. The highest BCUT2D eigenvalue weighted by molar-refractivity contribution is 6.18. The summed E-state index contributed by atoms with van der Waals surface area (Å²) in [6, 6.07) is 16.5. The molecule has 2 rings (SSSR count). The Morgan fingerprint density at radius 1 is 1.05 bits per heavy atom. The summed E-state index contributed by atoms with van der Waals surface area (Å²) < 4.78 is 18.8. The molecule has 0 fully saturated rings. The Balaban J connectivity index is 1.72.